The molecule has 0 aliphatic carbocycles. The smallest absolute Gasteiger partial charge is 0.241 e. The molecule has 1 aromatic carbocycles. The van der Waals surface area contributed by atoms with Crippen molar-refractivity contribution in [1.29, 1.82) is 0 Å². The minimum absolute atomic E-state index is 0.157. The van der Waals surface area contributed by atoms with Gasteiger partial charge in [-0.3, -0.25) is 4.79 Å². The summed E-state index contributed by atoms with van der Waals surface area (Å²) in [5.41, 5.74) is 6.63. The molecule has 0 saturated heterocycles. The first-order valence-corrected chi connectivity index (χ1v) is 7.38. The standard InChI is InChI=1S/C16H27N3O2/c1-5-12(2)15(17)16(20)18-13-7-6-8-14(11-13)21-10-9-19(3)4/h6-8,11-12,15H,5,9-10,17H2,1-4H3,(H,18,20)/t12?,15-/m0/s1. The number of nitrogens with two attached hydrogens (primary N) is 1. The van der Waals surface area contributed by atoms with Crippen LogP contribution in [0.5, 0.6) is 5.75 Å². The number of benzene rings is 1. The molecule has 0 aromatic heterocycles. The molecule has 0 aliphatic rings. The van der Waals surface area contributed by atoms with Crippen LogP contribution in [-0.2, 0) is 4.79 Å². The number of ether oxygens (including phenoxy) is 1. The highest BCUT2D eigenvalue weighted by Crippen LogP contribution is 2.18. The molecular weight excluding hydrogens is 266 g/mol. The van der Waals surface area contributed by atoms with Crippen LogP contribution in [0.3, 0.4) is 0 Å². The second kappa shape index (κ2) is 8.64. The van der Waals surface area contributed by atoms with Crippen molar-refractivity contribution in [1.82, 2.24) is 4.90 Å². The molecule has 0 aliphatic heterocycles. The molecule has 0 bridgehead atoms. The molecule has 21 heavy (non-hydrogen) atoms. The Morgan fingerprint density at radius 3 is 2.76 bits per heavy atom. The van der Waals surface area contributed by atoms with Crippen molar-refractivity contribution in [2.45, 2.75) is 26.3 Å². The zero-order valence-electron chi connectivity index (χ0n) is 13.4. The third kappa shape index (κ3) is 6.14. The lowest BCUT2D eigenvalue weighted by molar-refractivity contribution is -0.118. The van der Waals surface area contributed by atoms with Gasteiger partial charge >= 0.3 is 0 Å². The lowest BCUT2D eigenvalue weighted by Crippen LogP contribution is -2.40. The van der Waals surface area contributed by atoms with Crippen molar-refractivity contribution < 1.29 is 9.53 Å². The number of amides is 1. The van der Waals surface area contributed by atoms with E-state index in [1.54, 1.807) is 0 Å². The maximum atomic E-state index is 12.0. The number of nitrogens with one attached hydrogen (secondary N) is 1. The van der Waals surface area contributed by atoms with Crippen LogP contribution in [0, 0.1) is 5.92 Å². The summed E-state index contributed by atoms with van der Waals surface area (Å²) in [6.45, 7) is 5.45. The molecule has 1 amide bonds. The summed E-state index contributed by atoms with van der Waals surface area (Å²) in [5, 5.41) is 2.84. The summed E-state index contributed by atoms with van der Waals surface area (Å²) >= 11 is 0. The van der Waals surface area contributed by atoms with Crippen molar-refractivity contribution >= 4 is 11.6 Å². The number of nitrogens with zero attached hydrogens (tertiary/aromatic N) is 1. The highest BCUT2D eigenvalue weighted by Gasteiger charge is 2.19. The van der Waals surface area contributed by atoms with Gasteiger partial charge in [-0.05, 0) is 32.1 Å². The van der Waals surface area contributed by atoms with Gasteiger partial charge in [0.15, 0.2) is 0 Å². The van der Waals surface area contributed by atoms with Gasteiger partial charge in [0.1, 0.15) is 12.4 Å². The average Bonchev–Trinajstić information content (AvgIpc) is 2.45. The Morgan fingerprint density at radius 1 is 1.43 bits per heavy atom. The first-order valence-electron chi connectivity index (χ1n) is 7.38. The first kappa shape index (κ1) is 17.5. The number of carbonyl (C=O) groups excluding carboxylic acids is 1. The summed E-state index contributed by atoms with van der Waals surface area (Å²) in [7, 11) is 3.99. The van der Waals surface area contributed by atoms with E-state index in [1.165, 1.54) is 0 Å². The van der Waals surface area contributed by atoms with E-state index in [9.17, 15) is 4.79 Å². The van der Waals surface area contributed by atoms with Crippen molar-refractivity contribution in [2.24, 2.45) is 11.7 Å². The number of rotatable bonds is 8. The zero-order chi connectivity index (χ0) is 15.8. The normalized spacial score (nSPS) is 13.8. The molecule has 5 nitrogen and oxygen atoms in total. The lowest BCUT2D eigenvalue weighted by atomic mass is 9.99. The predicted octanol–water partition coefficient (Wildman–Crippen LogP) is 1.94. The number of likely N-dealkylation sites (N-methyl/N-ethyl adjacent to an activating group) is 1. The molecule has 1 unspecified atom stereocenters. The summed E-state index contributed by atoms with van der Waals surface area (Å²) in [6, 6.07) is 6.89. The Bertz CT molecular complexity index is 449. The predicted molar refractivity (Wildman–Crippen MR) is 86.6 cm³/mol. The third-order valence-electron chi connectivity index (χ3n) is 3.47. The van der Waals surface area contributed by atoms with Crippen LogP contribution >= 0.6 is 0 Å². The molecule has 0 fully saturated rings. The molecule has 1 rings (SSSR count). The van der Waals surface area contributed by atoms with E-state index in [1.807, 2.05) is 52.2 Å². The monoisotopic (exact) mass is 293 g/mol. The topological polar surface area (TPSA) is 67.6 Å². The quantitative estimate of drug-likeness (QED) is 0.768. The minimum Gasteiger partial charge on any atom is -0.492 e. The third-order valence-corrected chi connectivity index (χ3v) is 3.47. The van der Waals surface area contributed by atoms with Gasteiger partial charge in [-0.2, -0.15) is 0 Å². The molecule has 1 aromatic rings. The number of anilines is 1. The van der Waals surface area contributed by atoms with Crippen LogP contribution < -0.4 is 15.8 Å². The van der Waals surface area contributed by atoms with E-state index >= 15 is 0 Å². The summed E-state index contributed by atoms with van der Waals surface area (Å²) in [6.07, 6.45) is 0.877. The molecule has 118 valence electrons. The zero-order valence-corrected chi connectivity index (χ0v) is 13.4. The van der Waals surface area contributed by atoms with Crippen LogP contribution in [0.2, 0.25) is 0 Å². The van der Waals surface area contributed by atoms with Crippen molar-refractivity contribution in [2.75, 3.05) is 32.6 Å². The van der Waals surface area contributed by atoms with Crippen LogP contribution in [0.25, 0.3) is 0 Å². The molecule has 3 N–H and O–H groups in total. The fraction of sp³-hybridized carbons (Fsp3) is 0.562. The van der Waals surface area contributed by atoms with Gasteiger partial charge in [-0.1, -0.05) is 26.3 Å². The first-order chi connectivity index (χ1) is 9.93. The Kier molecular flexibility index (Phi) is 7.19. The fourth-order valence-electron chi connectivity index (χ4n) is 1.75. The Balaban J connectivity index is 2.57. The van der Waals surface area contributed by atoms with Gasteiger partial charge < -0.3 is 20.7 Å². The summed E-state index contributed by atoms with van der Waals surface area (Å²) < 4.78 is 5.64. The number of carbonyl (C=O) groups is 1. The second-order valence-corrected chi connectivity index (χ2v) is 5.58. The molecule has 0 saturated carbocycles. The van der Waals surface area contributed by atoms with Crippen LogP contribution in [0.15, 0.2) is 24.3 Å². The highest BCUT2D eigenvalue weighted by atomic mass is 16.5. The van der Waals surface area contributed by atoms with Gasteiger partial charge in [-0.25, -0.2) is 0 Å². The van der Waals surface area contributed by atoms with E-state index in [2.05, 4.69) is 10.2 Å². The van der Waals surface area contributed by atoms with E-state index < -0.39 is 6.04 Å². The SMILES string of the molecule is CCC(C)[C@H](N)C(=O)Nc1cccc(OCCN(C)C)c1. The Labute approximate surface area is 127 Å². The lowest BCUT2D eigenvalue weighted by Gasteiger charge is -2.18. The molecule has 0 heterocycles. The largest absolute Gasteiger partial charge is 0.492 e. The number of hydrogen-bond donors (Lipinski definition) is 2. The van der Waals surface area contributed by atoms with Crippen LogP contribution in [0.1, 0.15) is 20.3 Å². The maximum absolute atomic E-state index is 12.0. The van der Waals surface area contributed by atoms with Crippen molar-refractivity contribution in [3.05, 3.63) is 24.3 Å². The van der Waals surface area contributed by atoms with Crippen LogP contribution in [-0.4, -0.2) is 44.1 Å². The van der Waals surface area contributed by atoms with Crippen molar-refractivity contribution in [3.8, 4) is 5.75 Å². The molecule has 5 heteroatoms. The van der Waals surface area contributed by atoms with E-state index in [0.717, 1.165) is 18.7 Å². The summed E-state index contributed by atoms with van der Waals surface area (Å²) in [5.74, 6) is 0.742. The Morgan fingerprint density at radius 2 is 2.14 bits per heavy atom. The molecule has 2 atom stereocenters. The minimum atomic E-state index is -0.492. The van der Waals surface area contributed by atoms with Gasteiger partial charge in [0.05, 0.1) is 6.04 Å². The number of hydrogen-bond acceptors (Lipinski definition) is 4. The van der Waals surface area contributed by atoms with Gasteiger partial charge in [0.2, 0.25) is 5.91 Å². The molecular formula is C16H27N3O2. The van der Waals surface area contributed by atoms with Crippen LogP contribution in [0.4, 0.5) is 5.69 Å². The van der Waals surface area contributed by atoms with Crippen molar-refractivity contribution in [3.63, 3.8) is 0 Å². The van der Waals surface area contributed by atoms with E-state index in [4.69, 9.17) is 10.5 Å². The second-order valence-electron chi connectivity index (χ2n) is 5.58. The van der Waals surface area contributed by atoms with Gasteiger partial charge in [0.25, 0.3) is 0 Å². The van der Waals surface area contributed by atoms with Gasteiger partial charge in [0, 0.05) is 18.3 Å². The van der Waals surface area contributed by atoms with Gasteiger partial charge in [-0.15, -0.1) is 0 Å². The molecule has 0 radical (unpaired) electrons. The average molecular weight is 293 g/mol. The van der Waals surface area contributed by atoms with E-state index in [-0.39, 0.29) is 11.8 Å². The molecule has 0 spiro atoms. The van der Waals surface area contributed by atoms with E-state index in [0.29, 0.717) is 12.3 Å². The Hall–Kier alpha value is -1.59. The summed E-state index contributed by atoms with van der Waals surface area (Å²) in [4.78, 5) is 14.1. The maximum Gasteiger partial charge on any atom is 0.241 e. The fourth-order valence-corrected chi connectivity index (χ4v) is 1.75. The highest BCUT2D eigenvalue weighted by molar-refractivity contribution is 5.95.